The van der Waals surface area contributed by atoms with Crippen LogP contribution in [0.3, 0.4) is 0 Å². The molecule has 1 aliphatic rings. The lowest BCUT2D eigenvalue weighted by Gasteiger charge is -2.34. The van der Waals surface area contributed by atoms with Crippen molar-refractivity contribution in [1.82, 2.24) is 19.6 Å². The molecule has 1 aliphatic heterocycles. The first-order valence-corrected chi connectivity index (χ1v) is 11.1. The summed E-state index contributed by atoms with van der Waals surface area (Å²) in [6.07, 6.45) is 0. The Morgan fingerprint density at radius 3 is 2.15 bits per heavy atom. The fourth-order valence-corrected chi connectivity index (χ4v) is 4.27. The van der Waals surface area contributed by atoms with Crippen LogP contribution in [0.5, 0.6) is 0 Å². The van der Waals surface area contributed by atoms with E-state index in [1.165, 1.54) is 0 Å². The van der Waals surface area contributed by atoms with Crippen molar-refractivity contribution in [2.45, 2.75) is 26.9 Å². The van der Waals surface area contributed by atoms with Crippen LogP contribution in [0.1, 0.15) is 38.4 Å². The van der Waals surface area contributed by atoms with E-state index in [1.54, 1.807) is 30.7 Å². The summed E-state index contributed by atoms with van der Waals surface area (Å²) in [6.45, 7) is 7.43. The van der Waals surface area contributed by atoms with Crippen LogP contribution in [0.25, 0.3) is 0 Å². The molecule has 0 radical (unpaired) electrons. The Bertz CT molecular complexity index is 1230. The van der Waals surface area contributed by atoms with Crippen LogP contribution in [0.15, 0.2) is 48.5 Å². The highest BCUT2D eigenvalue weighted by Crippen LogP contribution is 2.23. The molecule has 4 rings (SSSR count). The largest absolute Gasteiger partial charge is 0.336 e. The van der Waals surface area contributed by atoms with Gasteiger partial charge in [-0.2, -0.15) is 10.4 Å². The van der Waals surface area contributed by atoms with Crippen LogP contribution >= 0.6 is 0 Å². The Morgan fingerprint density at radius 2 is 1.59 bits per heavy atom. The van der Waals surface area contributed by atoms with Crippen molar-refractivity contribution in [3.05, 3.63) is 92.3 Å². The number of piperazine rings is 1. The molecule has 9 nitrogen and oxygen atoms in total. The molecule has 0 unspecified atom stereocenters. The lowest BCUT2D eigenvalue weighted by Crippen LogP contribution is -2.48. The monoisotopic (exact) mass is 458 g/mol. The van der Waals surface area contributed by atoms with Gasteiger partial charge in [-0.05, 0) is 49.2 Å². The maximum absolute atomic E-state index is 13.0. The molecule has 1 fully saturated rings. The average Bonchev–Trinajstić information content (AvgIpc) is 3.12. The highest BCUT2D eigenvalue weighted by Gasteiger charge is 2.23. The van der Waals surface area contributed by atoms with Crippen molar-refractivity contribution in [1.29, 1.82) is 5.26 Å². The van der Waals surface area contributed by atoms with Gasteiger partial charge in [-0.1, -0.05) is 24.3 Å². The van der Waals surface area contributed by atoms with Crippen LogP contribution in [0.2, 0.25) is 0 Å². The van der Waals surface area contributed by atoms with Crippen molar-refractivity contribution in [2.24, 2.45) is 0 Å². The summed E-state index contributed by atoms with van der Waals surface area (Å²) in [5.41, 5.74) is 4.32. The zero-order chi connectivity index (χ0) is 24.2. The van der Waals surface area contributed by atoms with Crippen LogP contribution in [-0.4, -0.2) is 56.6 Å². The van der Waals surface area contributed by atoms with E-state index < -0.39 is 4.92 Å². The van der Waals surface area contributed by atoms with Gasteiger partial charge in [0.15, 0.2) is 0 Å². The van der Waals surface area contributed by atoms with E-state index >= 15 is 0 Å². The fourth-order valence-electron chi connectivity index (χ4n) is 4.27. The van der Waals surface area contributed by atoms with Crippen molar-refractivity contribution >= 4 is 11.6 Å². The Morgan fingerprint density at radius 1 is 1.00 bits per heavy atom. The van der Waals surface area contributed by atoms with Crippen molar-refractivity contribution < 1.29 is 9.72 Å². The van der Waals surface area contributed by atoms with E-state index in [1.807, 2.05) is 41.3 Å². The zero-order valence-electron chi connectivity index (χ0n) is 19.3. The first-order valence-electron chi connectivity index (χ1n) is 11.1. The topological polar surface area (TPSA) is 108 Å². The quantitative estimate of drug-likeness (QED) is 0.414. The number of benzene rings is 2. The number of nitrogens with zero attached hydrogens (tertiary/aromatic N) is 6. The van der Waals surface area contributed by atoms with E-state index in [-0.39, 0.29) is 11.6 Å². The molecule has 2 aromatic carbocycles. The molecule has 0 atom stereocenters. The molecule has 0 bridgehead atoms. The molecule has 0 spiro atoms. The summed E-state index contributed by atoms with van der Waals surface area (Å²) in [6, 6.07) is 17.1. The van der Waals surface area contributed by atoms with Crippen molar-refractivity contribution in [2.75, 3.05) is 26.2 Å². The van der Waals surface area contributed by atoms with Gasteiger partial charge in [-0.3, -0.25) is 24.5 Å². The van der Waals surface area contributed by atoms with Gasteiger partial charge in [-0.25, -0.2) is 0 Å². The minimum Gasteiger partial charge on any atom is -0.336 e. The minimum absolute atomic E-state index is 0.00586. The van der Waals surface area contributed by atoms with Gasteiger partial charge >= 0.3 is 5.69 Å². The first kappa shape index (κ1) is 23.1. The summed E-state index contributed by atoms with van der Waals surface area (Å²) in [7, 11) is 0. The van der Waals surface area contributed by atoms with E-state index in [0.717, 1.165) is 30.8 Å². The van der Waals surface area contributed by atoms with E-state index in [0.29, 0.717) is 42.1 Å². The van der Waals surface area contributed by atoms with E-state index in [4.69, 9.17) is 5.26 Å². The van der Waals surface area contributed by atoms with Crippen molar-refractivity contribution in [3.8, 4) is 6.07 Å². The number of rotatable bonds is 6. The maximum atomic E-state index is 13.0. The number of aryl methyl sites for hydroxylation is 1. The smallest absolute Gasteiger partial charge is 0.312 e. The van der Waals surface area contributed by atoms with Gasteiger partial charge < -0.3 is 4.90 Å². The van der Waals surface area contributed by atoms with Gasteiger partial charge in [0.2, 0.25) is 0 Å². The molecule has 174 valence electrons. The van der Waals surface area contributed by atoms with Crippen LogP contribution in [0.4, 0.5) is 5.69 Å². The number of aromatic nitrogens is 2. The third kappa shape index (κ3) is 4.97. The molecule has 0 aliphatic carbocycles. The Hall–Kier alpha value is -4.03. The zero-order valence-corrected chi connectivity index (χ0v) is 19.3. The summed E-state index contributed by atoms with van der Waals surface area (Å²) >= 11 is 0. The van der Waals surface area contributed by atoms with Gasteiger partial charge in [0.25, 0.3) is 5.91 Å². The third-order valence-corrected chi connectivity index (χ3v) is 6.21. The minimum atomic E-state index is -0.403. The molecule has 2 heterocycles. The summed E-state index contributed by atoms with van der Waals surface area (Å²) in [4.78, 5) is 28.0. The number of hydrogen-bond donors (Lipinski definition) is 0. The average molecular weight is 459 g/mol. The highest BCUT2D eigenvalue weighted by molar-refractivity contribution is 5.94. The Labute approximate surface area is 198 Å². The highest BCUT2D eigenvalue weighted by atomic mass is 16.6. The van der Waals surface area contributed by atoms with Crippen LogP contribution in [-0.2, 0) is 13.1 Å². The SMILES string of the molecule is Cc1nn(Cc2ccc(C(=O)N3CCN(Cc4ccc(C#N)cc4)CC3)cc2)c(C)c1[N+](=O)[O-]. The number of nitriles is 1. The Balaban J connectivity index is 1.33. The molecule has 1 saturated heterocycles. The summed E-state index contributed by atoms with van der Waals surface area (Å²) < 4.78 is 1.62. The molecule has 0 N–H and O–H groups in total. The number of carbonyl (C=O) groups is 1. The molecular weight excluding hydrogens is 432 g/mol. The number of carbonyl (C=O) groups excluding carboxylic acids is 1. The van der Waals surface area contributed by atoms with Crippen LogP contribution in [0, 0.1) is 35.3 Å². The second-order valence-corrected chi connectivity index (χ2v) is 8.51. The van der Waals surface area contributed by atoms with Crippen LogP contribution < -0.4 is 0 Å². The van der Waals surface area contributed by atoms with Gasteiger partial charge in [0, 0.05) is 38.3 Å². The van der Waals surface area contributed by atoms with E-state index in [9.17, 15) is 14.9 Å². The lowest BCUT2D eigenvalue weighted by molar-refractivity contribution is -0.386. The molecule has 1 aromatic heterocycles. The number of nitro groups is 1. The lowest BCUT2D eigenvalue weighted by atomic mass is 10.1. The standard InChI is InChI=1S/C25H26N6O3/c1-18-24(31(33)34)19(2)30(27-18)17-22-7-9-23(10-8-22)25(32)29-13-11-28(12-14-29)16-21-5-3-20(15-26)4-6-21/h3-10H,11-14,16-17H2,1-2H3. The van der Waals surface area contributed by atoms with Crippen molar-refractivity contribution in [3.63, 3.8) is 0 Å². The second kappa shape index (κ2) is 9.85. The normalized spacial score (nSPS) is 14.1. The summed E-state index contributed by atoms with van der Waals surface area (Å²) in [5, 5.41) is 24.4. The molecule has 3 aromatic rings. The fraction of sp³-hybridized carbons (Fsp3) is 0.320. The number of amides is 1. The number of hydrogen-bond acceptors (Lipinski definition) is 6. The second-order valence-electron chi connectivity index (χ2n) is 8.51. The third-order valence-electron chi connectivity index (χ3n) is 6.21. The van der Waals surface area contributed by atoms with Gasteiger partial charge in [0.1, 0.15) is 11.4 Å². The molecule has 0 saturated carbocycles. The van der Waals surface area contributed by atoms with E-state index in [2.05, 4.69) is 16.1 Å². The van der Waals surface area contributed by atoms with Gasteiger partial charge in [-0.15, -0.1) is 0 Å². The molecule has 34 heavy (non-hydrogen) atoms. The maximum Gasteiger partial charge on any atom is 0.312 e. The predicted molar refractivity (Wildman–Crippen MR) is 126 cm³/mol. The first-order chi connectivity index (χ1) is 16.4. The predicted octanol–water partition coefficient (Wildman–Crippen LogP) is 3.29. The van der Waals surface area contributed by atoms with Gasteiger partial charge in [0.05, 0.1) is 23.1 Å². The summed E-state index contributed by atoms with van der Waals surface area (Å²) in [5.74, 6) is 0.00586. The molecule has 9 heteroatoms. The Kier molecular flexibility index (Phi) is 6.70. The molecular formula is C25H26N6O3. The molecule has 1 amide bonds.